The molecule has 1 aliphatic heterocycles. The monoisotopic (exact) mass is 437 g/mol. The van der Waals surface area contributed by atoms with Crippen molar-refractivity contribution in [3.63, 3.8) is 0 Å². The van der Waals surface area contributed by atoms with E-state index in [1.807, 2.05) is 30.5 Å². The fraction of sp³-hybridized carbons (Fsp3) is 0.261. The molecule has 1 amide bonds. The lowest BCUT2D eigenvalue weighted by Gasteiger charge is -2.28. The Morgan fingerprint density at radius 2 is 2.00 bits per heavy atom. The molecule has 31 heavy (non-hydrogen) atoms. The number of carbonyl (C=O) groups is 1. The molecule has 160 valence electrons. The normalized spacial score (nSPS) is 18.1. The molecule has 1 aromatic carbocycles. The first-order valence-corrected chi connectivity index (χ1v) is 10.7. The minimum Gasteiger partial charge on any atom is -0.352 e. The van der Waals surface area contributed by atoms with Crippen LogP contribution in [0.15, 0.2) is 67.0 Å². The SMILES string of the molecule is CCn1cccc1[C@@H]1[C@H](c2ccccn2)NC(=S)N1CCC(=O)Nc1ccc(F)cc1. The molecule has 3 aromatic rings. The topological polar surface area (TPSA) is 62.2 Å². The molecule has 3 heterocycles. The van der Waals surface area contributed by atoms with Crippen LogP contribution in [0.25, 0.3) is 0 Å². The van der Waals surface area contributed by atoms with Crippen molar-refractivity contribution >= 4 is 28.9 Å². The first-order valence-electron chi connectivity index (χ1n) is 10.3. The molecule has 1 aliphatic rings. The second-order valence-electron chi connectivity index (χ2n) is 7.34. The largest absolute Gasteiger partial charge is 0.352 e. The number of rotatable bonds is 7. The summed E-state index contributed by atoms with van der Waals surface area (Å²) in [5.74, 6) is -0.492. The second-order valence-corrected chi connectivity index (χ2v) is 7.73. The molecule has 0 saturated carbocycles. The Kier molecular flexibility index (Phi) is 6.27. The number of benzene rings is 1. The maximum Gasteiger partial charge on any atom is 0.226 e. The molecule has 1 fully saturated rings. The van der Waals surface area contributed by atoms with Crippen molar-refractivity contribution in [2.24, 2.45) is 0 Å². The van der Waals surface area contributed by atoms with Gasteiger partial charge >= 0.3 is 0 Å². The number of halogens is 1. The van der Waals surface area contributed by atoms with Crippen LogP contribution in [0.5, 0.6) is 0 Å². The maximum absolute atomic E-state index is 13.1. The van der Waals surface area contributed by atoms with Crippen molar-refractivity contribution in [3.05, 3.63) is 84.2 Å². The standard InChI is InChI=1S/C23H24FN5OS/c1-2-28-14-5-7-19(28)22-21(18-6-3-4-13-25-18)27-23(31)29(22)15-12-20(30)26-17-10-8-16(24)9-11-17/h3-11,13-14,21-22H,2,12,15H2,1H3,(H,26,30)(H,27,31)/t21-,22+/m0/s1. The van der Waals surface area contributed by atoms with Gasteiger partial charge in [0.2, 0.25) is 5.91 Å². The summed E-state index contributed by atoms with van der Waals surface area (Å²) in [6, 6.07) is 15.5. The number of aromatic nitrogens is 2. The molecule has 0 spiro atoms. The lowest BCUT2D eigenvalue weighted by molar-refractivity contribution is -0.116. The van der Waals surface area contributed by atoms with Crippen LogP contribution in [-0.4, -0.2) is 32.0 Å². The van der Waals surface area contributed by atoms with Crippen molar-refractivity contribution < 1.29 is 9.18 Å². The molecule has 2 atom stereocenters. The van der Waals surface area contributed by atoms with Crippen molar-refractivity contribution in [1.29, 1.82) is 0 Å². The summed E-state index contributed by atoms with van der Waals surface area (Å²) in [6.07, 6.45) is 4.07. The molecule has 2 aromatic heterocycles. The minimum absolute atomic E-state index is 0.0871. The zero-order valence-electron chi connectivity index (χ0n) is 17.2. The number of hydrogen-bond acceptors (Lipinski definition) is 3. The Morgan fingerprint density at radius 3 is 2.71 bits per heavy atom. The number of thiocarbonyl (C=S) groups is 1. The van der Waals surface area contributed by atoms with Crippen molar-refractivity contribution in [1.82, 2.24) is 19.8 Å². The lowest BCUT2D eigenvalue weighted by atomic mass is 10.0. The highest BCUT2D eigenvalue weighted by Gasteiger charge is 2.40. The van der Waals surface area contributed by atoms with E-state index in [4.69, 9.17) is 12.2 Å². The van der Waals surface area contributed by atoms with Crippen molar-refractivity contribution in [2.75, 3.05) is 11.9 Å². The van der Waals surface area contributed by atoms with E-state index in [1.54, 1.807) is 18.3 Å². The summed E-state index contributed by atoms with van der Waals surface area (Å²) in [5.41, 5.74) is 2.58. The fourth-order valence-electron chi connectivity index (χ4n) is 3.93. The number of anilines is 1. The van der Waals surface area contributed by atoms with E-state index in [2.05, 4.69) is 38.1 Å². The van der Waals surface area contributed by atoms with E-state index in [1.165, 1.54) is 12.1 Å². The third kappa shape index (κ3) is 4.59. The second kappa shape index (κ2) is 9.26. The van der Waals surface area contributed by atoms with E-state index in [0.29, 0.717) is 17.3 Å². The van der Waals surface area contributed by atoms with Gasteiger partial charge in [-0.25, -0.2) is 4.39 Å². The first kappa shape index (κ1) is 21.0. The van der Waals surface area contributed by atoms with E-state index in [0.717, 1.165) is 17.9 Å². The average molecular weight is 438 g/mol. The highest BCUT2D eigenvalue weighted by atomic mass is 32.1. The minimum atomic E-state index is -0.339. The third-order valence-corrected chi connectivity index (χ3v) is 5.77. The summed E-state index contributed by atoms with van der Waals surface area (Å²) in [6.45, 7) is 3.38. The quantitative estimate of drug-likeness (QED) is 0.546. The van der Waals surface area contributed by atoms with Gasteiger partial charge in [-0.3, -0.25) is 9.78 Å². The predicted molar refractivity (Wildman–Crippen MR) is 122 cm³/mol. The number of nitrogens with zero attached hydrogens (tertiary/aromatic N) is 3. The van der Waals surface area contributed by atoms with Crippen LogP contribution < -0.4 is 10.6 Å². The molecule has 4 rings (SSSR count). The Hall–Kier alpha value is -3.26. The number of amides is 1. The highest BCUT2D eigenvalue weighted by Crippen LogP contribution is 2.38. The van der Waals surface area contributed by atoms with E-state index in [-0.39, 0.29) is 30.2 Å². The predicted octanol–water partition coefficient (Wildman–Crippen LogP) is 4.04. The molecule has 0 bridgehead atoms. The van der Waals surface area contributed by atoms with Gasteiger partial charge in [0.25, 0.3) is 0 Å². The average Bonchev–Trinajstić information content (AvgIpc) is 3.38. The van der Waals surface area contributed by atoms with E-state index >= 15 is 0 Å². The molecule has 2 N–H and O–H groups in total. The summed E-state index contributed by atoms with van der Waals surface area (Å²) >= 11 is 5.65. The summed E-state index contributed by atoms with van der Waals surface area (Å²) < 4.78 is 15.3. The Morgan fingerprint density at radius 1 is 1.19 bits per heavy atom. The first-order chi connectivity index (χ1) is 15.1. The van der Waals surface area contributed by atoms with Crippen LogP contribution in [0.3, 0.4) is 0 Å². The number of nitrogens with one attached hydrogen (secondary N) is 2. The van der Waals surface area contributed by atoms with Crippen LogP contribution >= 0.6 is 12.2 Å². The van der Waals surface area contributed by atoms with Crippen LogP contribution in [0.1, 0.15) is 36.8 Å². The summed E-state index contributed by atoms with van der Waals surface area (Å²) in [7, 11) is 0. The molecule has 0 aliphatic carbocycles. The third-order valence-electron chi connectivity index (χ3n) is 5.41. The van der Waals surface area contributed by atoms with E-state index in [9.17, 15) is 9.18 Å². The highest BCUT2D eigenvalue weighted by molar-refractivity contribution is 7.80. The number of aryl methyl sites for hydroxylation is 1. The van der Waals surface area contributed by atoms with Gasteiger partial charge in [0, 0.05) is 43.3 Å². The van der Waals surface area contributed by atoms with Crippen molar-refractivity contribution in [3.8, 4) is 0 Å². The summed E-state index contributed by atoms with van der Waals surface area (Å²) in [4.78, 5) is 19.1. The van der Waals surface area contributed by atoms with Gasteiger partial charge in [0.15, 0.2) is 5.11 Å². The number of pyridine rings is 1. The number of carbonyl (C=O) groups excluding carboxylic acids is 1. The van der Waals surface area contributed by atoms with Crippen LogP contribution in [0, 0.1) is 5.82 Å². The Labute approximate surface area is 186 Å². The van der Waals surface area contributed by atoms with Gasteiger partial charge < -0.3 is 20.1 Å². The smallest absolute Gasteiger partial charge is 0.226 e. The van der Waals surface area contributed by atoms with Crippen LogP contribution in [0.4, 0.5) is 10.1 Å². The molecule has 0 unspecified atom stereocenters. The zero-order chi connectivity index (χ0) is 21.8. The van der Waals surface area contributed by atoms with Gasteiger partial charge in [-0.05, 0) is 67.7 Å². The fourth-order valence-corrected chi connectivity index (χ4v) is 4.26. The Balaban J connectivity index is 1.54. The van der Waals surface area contributed by atoms with Crippen molar-refractivity contribution in [2.45, 2.75) is 32.0 Å². The molecule has 0 radical (unpaired) electrons. The summed E-state index contributed by atoms with van der Waals surface area (Å²) in [5, 5.41) is 6.80. The van der Waals surface area contributed by atoms with Crippen LogP contribution in [0.2, 0.25) is 0 Å². The van der Waals surface area contributed by atoms with Gasteiger partial charge in [-0.1, -0.05) is 6.07 Å². The maximum atomic E-state index is 13.1. The zero-order valence-corrected chi connectivity index (χ0v) is 18.0. The molecular weight excluding hydrogens is 413 g/mol. The van der Waals surface area contributed by atoms with Gasteiger partial charge in [-0.2, -0.15) is 0 Å². The lowest BCUT2D eigenvalue weighted by Crippen LogP contribution is -2.33. The molecule has 8 heteroatoms. The Bertz CT molecular complexity index is 1050. The van der Waals surface area contributed by atoms with Gasteiger partial charge in [0.05, 0.1) is 17.8 Å². The van der Waals surface area contributed by atoms with Crippen LogP contribution in [-0.2, 0) is 11.3 Å². The molecular formula is C23H24FN5OS. The van der Waals surface area contributed by atoms with Gasteiger partial charge in [-0.15, -0.1) is 0 Å². The number of hydrogen-bond donors (Lipinski definition) is 2. The van der Waals surface area contributed by atoms with E-state index < -0.39 is 0 Å². The van der Waals surface area contributed by atoms with Gasteiger partial charge in [0.1, 0.15) is 5.82 Å². The molecule has 1 saturated heterocycles. The molecule has 6 nitrogen and oxygen atoms in total.